The molecule has 1 aromatic carbocycles. The molecule has 116 valence electrons. The van der Waals surface area contributed by atoms with Crippen LogP contribution in [-0.4, -0.2) is 27.6 Å². The van der Waals surface area contributed by atoms with Crippen LogP contribution in [0.25, 0.3) is 11.5 Å². The van der Waals surface area contributed by atoms with Gasteiger partial charge in [-0.25, -0.2) is 4.39 Å². The van der Waals surface area contributed by atoms with Crippen LogP contribution in [-0.2, 0) is 6.42 Å². The minimum atomic E-state index is -0.379. The maximum Gasteiger partial charge on any atom is 0.251 e. The molecule has 1 amide bonds. The highest BCUT2D eigenvalue weighted by atomic mass is 19.1. The molecule has 0 atom stereocenters. The molecule has 2 aromatic heterocycles. The van der Waals surface area contributed by atoms with Gasteiger partial charge in [0.2, 0.25) is 11.8 Å². The molecule has 6 nitrogen and oxygen atoms in total. The van der Waals surface area contributed by atoms with Gasteiger partial charge in [0, 0.05) is 30.9 Å². The minimum absolute atomic E-state index is 0.281. The fraction of sp³-hybridized carbons (Fsp3) is 0.125. The summed E-state index contributed by atoms with van der Waals surface area (Å²) in [5.74, 6) is 0.147. The fourth-order valence-corrected chi connectivity index (χ4v) is 1.95. The second kappa shape index (κ2) is 6.78. The number of carbonyl (C=O) groups excluding carboxylic acids is 1. The molecule has 0 bridgehead atoms. The molecule has 23 heavy (non-hydrogen) atoms. The molecule has 0 spiro atoms. The van der Waals surface area contributed by atoms with Gasteiger partial charge in [-0.3, -0.25) is 9.78 Å². The average molecular weight is 312 g/mol. The normalized spacial score (nSPS) is 10.5. The summed E-state index contributed by atoms with van der Waals surface area (Å²) in [5, 5.41) is 10.6. The van der Waals surface area contributed by atoms with E-state index in [9.17, 15) is 9.18 Å². The van der Waals surface area contributed by atoms with Gasteiger partial charge in [-0.2, -0.15) is 0 Å². The summed E-state index contributed by atoms with van der Waals surface area (Å²) in [6.45, 7) is 0.338. The third kappa shape index (κ3) is 3.76. The lowest BCUT2D eigenvalue weighted by Crippen LogP contribution is -2.25. The quantitative estimate of drug-likeness (QED) is 0.781. The molecule has 0 saturated carbocycles. The van der Waals surface area contributed by atoms with Gasteiger partial charge in [0.1, 0.15) is 5.82 Å². The van der Waals surface area contributed by atoms with Crippen molar-refractivity contribution in [3.05, 3.63) is 66.1 Å². The SMILES string of the molecule is O=C(NCCc1nnc(-c2cccnc2)o1)c1ccc(F)cc1. The van der Waals surface area contributed by atoms with Gasteiger partial charge >= 0.3 is 0 Å². The average Bonchev–Trinajstić information content (AvgIpc) is 3.05. The Balaban J connectivity index is 1.54. The zero-order valence-corrected chi connectivity index (χ0v) is 12.1. The van der Waals surface area contributed by atoms with Crippen LogP contribution >= 0.6 is 0 Å². The number of nitrogens with zero attached hydrogens (tertiary/aromatic N) is 3. The fourth-order valence-electron chi connectivity index (χ4n) is 1.95. The highest BCUT2D eigenvalue weighted by Gasteiger charge is 2.09. The third-order valence-electron chi connectivity index (χ3n) is 3.11. The van der Waals surface area contributed by atoms with E-state index in [0.717, 1.165) is 5.56 Å². The predicted molar refractivity (Wildman–Crippen MR) is 80.0 cm³/mol. The maximum atomic E-state index is 12.8. The van der Waals surface area contributed by atoms with Gasteiger partial charge < -0.3 is 9.73 Å². The highest BCUT2D eigenvalue weighted by Crippen LogP contribution is 2.15. The Bertz CT molecular complexity index is 787. The molecule has 0 unspecified atom stereocenters. The standard InChI is InChI=1S/C16H13FN4O2/c17-13-5-3-11(4-6-13)15(22)19-9-7-14-20-21-16(23-14)12-2-1-8-18-10-12/h1-6,8,10H,7,9H2,(H,19,22). The summed E-state index contributed by atoms with van der Waals surface area (Å²) in [4.78, 5) is 15.8. The zero-order valence-electron chi connectivity index (χ0n) is 12.1. The number of rotatable bonds is 5. The van der Waals surface area contributed by atoms with Crippen molar-refractivity contribution < 1.29 is 13.6 Å². The summed E-state index contributed by atoms with van der Waals surface area (Å²) in [5.41, 5.74) is 1.13. The molecule has 3 rings (SSSR count). The Kier molecular flexibility index (Phi) is 4.37. The lowest BCUT2D eigenvalue weighted by Gasteiger charge is -2.03. The van der Waals surface area contributed by atoms with Gasteiger partial charge in [-0.05, 0) is 36.4 Å². The summed E-state index contributed by atoms with van der Waals surface area (Å²) < 4.78 is 18.3. The first-order valence-electron chi connectivity index (χ1n) is 6.99. The van der Waals surface area contributed by atoms with Crippen molar-refractivity contribution in [3.63, 3.8) is 0 Å². The van der Waals surface area contributed by atoms with Crippen molar-refractivity contribution in [2.75, 3.05) is 6.54 Å². The number of carbonyl (C=O) groups is 1. The van der Waals surface area contributed by atoms with E-state index in [2.05, 4.69) is 20.5 Å². The molecule has 0 radical (unpaired) electrons. The molecule has 0 aliphatic carbocycles. The Morgan fingerprint density at radius 3 is 2.74 bits per heavy atom. The zero-order chi connectivity index (χ0) is 16.1. The van der Waals surface area contributed by atoms with Crippen LogP contribution in [0.4, 0.5) is 4.39 Å². The van der Waals surface area contributed by atoms with Crippen molar-refractivity contribution in [2.24, 2.45) is 0 Å². The van der Waals surface area contributed by atoms with Gasteiger partial charge in [-0.15, -0.1) is 10.2 Å². The van der Waals surface area contributed by atoms with Crippen molar-refractivity contribution in [3.8, 4) is 11.5 Å². The molecule has 0 fully saturated rings. The molecule has 0 aliphatic heterocycles. The number of aromatic nitrogens is 3. The molecular formula is C16H13FN4O2. The summed E-state index contributed by atoms with van der Waals surface area (Å²) >= 11 is 0. The summed E-state index contributed by atoms with van der Waals surface area (Å²) in [6.07, 6.45) is 3.69. The summed E-state index contributed by atoms with van der Waals surface area (Å²) in [7, 11) is 0. The molecule has 2 heterocycles. The molecular weight excluding hydrogens is 299 g/mol. The lowest BCUT2D eigenvalue weighted by atomic mass is 10.2. The molecule has 1 N–H and O–H groups in total. The first-order chi connectivity index (χ1) is 11.2. The van der Waals surface area contributed by atoms with E-state index in [1.165, 1.54) is 24.3 Å². The van der Waals surface area contributed by atoms with Crippen LogP contribution in [0.3, 0.4) is 0 Å². The van der Waals surface area contributed by atoms with Crippen LogP contribution in [0.1, 0.15) is 16.2 Å². The van der Waals surface area contributed by atoms with Crippen molar-refractivity contribution in [1.82, 2.24) is 20.5 Å². The Hall–Kier alpha value is -3.09. The molecule has 7 heteroatoms. The Morgan fingerprint density at radius 2 is 2.00 bits per heavy atom. The van der Waals surface area contributed by atoms with Crippen molar-refractivity contribution in [1.29, 1.82) is 0 Å². The second-order valence-corrected chi connectivity index (χ2v) is 4.76. The number of benzene rings is 1. The third-order valence-corrected chi connectivity index (χ3v) is 3.11. The summed E-state index contributed by atoms with van der Waals surface area (Å²) in [6, 6.07) is 8.94. The first-order valence-corrected chi connectivity index (χ1v) is 6.99. The number of amides is 1. The van der Waals surface area contributed by atoms with Gasteiger partial charge in [0.05, 0.1) is 5.56 Å². The van der Waals surface area contributed by atoms with Crippen LogP contribution in [0.5, 0.6) is 0 Å². The number of halogens is 1. The van der Waals surface area contributed by atoms with E-state index < -0.39 is 0 Å². The van der Waals surface area contributed by atoms with Crippen LogP contribution < -0.4 is 5.32 Å². The van der Waals surface area contributed by atoms with Gasteiger partial charge in [-0.1, -0.05) is 0 Å². The Labute approximate surface area is 131 Å². The smallest absolute Gasteiger partial charge is 0.251 e. The number of hydrogen-bond donors (Lipinski definition) is 1. The van der Waals surface area contributed by atoms with Gasteiger partial charge in [0.15, 0.2) is 0 Å². The molecule has 0 aliphatic rings. The van der Waals surface area contributed by atoms with Crippen LogP contribution in [0.2, 0.25) is 0 Å². The lowest BCUT2D eigenvalue weighted by molar-refractivity contribution is 0.0953. The van der Waals surface area contributed by atoms with E-state index in [1.54, 1.807) is 18.5 Å². The van der Waals surface area contributed by atoms with E-state index in [-0.39, 0.29) is 11.7 Å². The number of hydrogen-bond acceptors (Lipinski definition) is 5. The van der Waals surface area contributed by atoms with Crippen LogP contribution in [0.15, 0.2) is 53.2 Å². The van der Waals surface area contributed by atoms with Crippen molar-refractivity contribution >= 4 is 5.91 Å². The van der Waals surface area contributed by atoms with Gasteiger partial charge in [0.25, 0.3) is 5.91 Å². The van der Waals surface area contributed by atoms with Crippen molar-refractivity contribution in [2.45, 2.75) is 6.42 Å². The molecule has 0 saturated heterocycles. The van der Waals surface area contributed by atoms with Crippen LogP contribution in [0, 0.1) is 5.82 Å². The number of nitrogens with one attached hydrogen (secondary N) is 1. The number of pyridine rings is 1. The maximum absolute atomic E-state index is 12.8. The second-order valence-electron chi connectivity index (χ2n) is 4.76. The van der Waals surface area contributed by atoms with E-state index in [1.807, 2.05) is 6.07 Å². The highest BCUT2D eigenvalue weighted by molar-refractivity contribution is 5.94. The van der Waals surface area contributed by atoms with E-state index >= 15 is 0 Å². The van der Waals surface area contributed by atoms with E-state index in [0.29, 0.717) is 30.3 Å². The Morgan fingerprint density at radius 1 is 1.17 bits per heavy atom. The monoisotopic (exact) mass is 312 g/mol. The first kappa shape index (κ1) is 14.8. The predicted octanol–water partition coefficient (Wildman–Crippen LogP) is 2.24. The topological polar surface area (TPSA) is 80.9 Å². The molecule has 3 aromatic rings. The largest absolute Gasteiger partial charge is 0.421 e. The minimum Gasteiger partial charge on any atom is -0.421 e. The van der Waals surface area contributed by atoms with E-state index in [4.69, 9.17) is 4.42 Å².